The number of hydrogen-bond donors (Lipinski definition) is 1. The van der Waals surface area contributed by atoms with Gasteiger partial charge in [0.25, 0.3) is 11.6 Å². The Hall–Kier alpha value is -3.91. The van der Waals surface area contributed by atoms with Crippen LogP contribution in [-0.4, -0.2) is 25.8 Å². The highest BCUT2D eigenvalue weighted by Gasteiger charge is 2.21. The smallest absolute Gasteiger partial charge is 0.259 e. The lowest BCUT2D eigenvalue weighted by molar-refractivity contribution is 0.102. The van der Waals surface area contributed by atoms with Crippen LogP contribution in [0.15, 0.2) is 69.9 Å². The molecule has 0 aliphatic rings. The maximum atomic E-state index is 13.2. The van der Waals surface area contributed by atoms with Crippen molar-refractivity contribution in [3.8, 4) is 11.5 Å². The summed E-state index contributed by atoms with van der Waals surface area (Å²) in [4.78, 5) is 17.7. The van der Waals surface area contributed by atoms with Gasteiger partial charge in [-0.2, -0.15) is 5.10 Å². The zero-order valence-corrected chi connectivity index (χ0v) is 17.1. The Balaban J connectivity index is 1.48. The molecule has 1 amide bonds. The zero-order chi connectivity index (χ0) is 21.4. The molecule has 154 valence electrons. The molecule has 0 spiro atoms. The second-order valence-electron chi connectivity index (χ2n) is 6.94. The van der Waals surface area contributed by atoms with Crippen molar-refractivity contribution in [1.82, 2.24) is 19.9 Å². The van der Waals surface area contributed by atoms with E-state index in [2.05, 4.69) is 20.6 Å². The summed E-state index contributed by atoms with van der Waals surface area (Å²) in [7, 11) is 0. The third-order valence-electron chi connectivity index (χ3n) is 4.84. The fourth-order valence-corrected chi connectivity index (χ4v) is 3.46. The Morgan fingerprint density at radius 2 is 2.03 bits per heavy atom. The molecule has 0 saturated heterocycles. The topological polar surface area (TPSA) is 99.0 Å². The van der Waals surface area contributed by atoms with Gasteiger partial charge in [0.1, 0.15) is 11.5 Å². The monoisotopic (exact) mass is 433 g/mol. The lowest BCUT2D eigenvalue weighted by Crippen LogP contribution is -2.17. The van der Waals surface area contributed by atoms with E-state index in [4.69, 9.17) is 20.5 Å². The summed E-state index contributed by atoms with van der Waals surface area (Å²) >= 11 is 5.96. The van der Waals surface area contributed by atoms with Gasteiger partial charge in [-0.3, -0.25) is 4.79 Å². The van der Waals surface area contributed by atoms with E-state index in [1.54, 1.807) is 48.3 Å². The number of fused-ring (bicyclic) bond motifs is 1. The predicted molar refractivity (Wildman–Crippen MR) is 115 cm³/mol. The molecule has 31 heavy (non-hydrogen) atoms. The zero-order valence-electron chi connectivity index (χ0n) is 16.4. The van der Waals surface area contributed by atoms with Crippen LogP contribution in [0.3, 0.4) is 0 Å². The third kappa shape index (κ3) is 3.69. The van der Waals surface area contributed by atoms with Gasteiger partial charge in [-0.1, -0.05) is 28.9 Å². The number of halogens is 1. The number of nitrogens with zero attached hydrogens (tertiary/aromatic N) is 4. The number of furan rings is 1. The molecule has 0 fully saturated rings. The molecule has 0 unspecified atom stereocenters. The number of pyridine rings is 1. The minimum atomic E-state index is -0.329. The fourth-order valence-electron chi connectivity index (χ4n) is 3.34. The van der Waals surface area contributed by atoms with Crippen LogP contribution in [0.1, 0.15) is 21.6 Å². The van der Waals surface area contributed by atoms with Gasteiger partial charge in [-0.15, -0.1) is 0 Å². The summed E-state index contributed by atoms with van der Waals surface area (Å²) < 4.78 is 12.4. The predicted octanol–water partition coefficient (Wildman–Crippen LogP) is 4.94. The lowest BCUT2D eigenvalue weighted by Gasteiger charge is -2.10. The van der Waals surface area contributed by atoms with E-state index < -0.39 is 0 Å². The van der Waals surface area contributed by atoms with Crippen molar-refractivity contribution in [2.75, 3.05) is 5.32 Å². The summed E-state index contributed by atoms with van der Waals surface area (Å²) in [5, 5.41) is 12.4. The van der Waals surface area contributed by atoms with Gasteiger partial charge in [0.2, 0.25) is 0 Å². The fraction of sp³-hybridized carbons (Fsp3) is 0.0909. The highest BCUT2D eigenvalue weighted by molar-refractivity contribution is 6.30. The highest BCUT2D eigenvalue weighted by Crippen LogP contribution is 2.28. The van der Waals surface area contributed by atoms with Crippen molar-refractivity contribution in [3.63, 3.8) is 0 Å². The van der Waals surface area contributed by atoms with Gasteiger partial charge in [-0.25, -0.2) is 9.67 Å². The van der Waals surface area contributed by atoms with Crippen molar-refractivity contribution in [2.45, 2.75) is 13.5 Å². The molecule has 1 aromatic carbocycles. The Bertz CT molecular complexity index is 1370. The molecule has 4 heterocycles. The first-order chi connectivity index (χ1) is 15.1. The number of nitrogens with one attached hydrogen (secondary N) is 1. The van der Waals surface area contributed by atoms with E-state index in [0.29, 0.717) is 45.5 Å². The average Bonchev–Trinajstić information content (AvgIpc) is 3.52. The summed E-state index contributed by atoms with van der Waals surface area (Å²) in [5.74, 6) is 0.751. The van der Waals surface area contributed by atoms with Crippen LogP contribution in [-0.2, 0) is 6.54 Å². The first-order valence-electron chi connectivity index (χ1n) is 9.47. The number of rotatable bonds is 5. The number of amides is 1. The van der Waals surface area contributed by atoms with Crippen LogP contribution in [0.25, 0.3) is 22.6 Å². The lowest BCUT2D eigenvalue weighted by atomic mass is 10.1. The van der Waals surface area contributed by atoms with Crippen LogP contribution >= 0.6 is 11.6 Å². The van der Waals surface area contributed by atoms with Gasteiger partial charge in [0.15, 0.2) is 5.76 Å². The molecule has 0 aliphatic heterocycles. The summed E-state index contributed by atoms with van der Waals surface area (Å²) in [6.07, 6.45) is 3.18. The van der Waals surface area contributed by atoms with Gasteiger partial charge in [0.05, 0.1) is 35.6 Å². The maximum absolute atomic E-state index is 13.2. The van der Waals surface area contributed by atoms with Gasteiger partial charge < -0.3 is 14.3 Å². The molecule has 1 N–H and O–H groups in total. The summed E-state index contributed by atoms with van der Waals surface area (Å²) in [6, 6.07) is 14.4. The van der Waals surface area contributed by atoms with E-state index >= 15 is 0 Å². The molecule has 8 nitrogen and oxygen atoms in total. The Labute approximate surface area is 181 Å². The number of anilines is 1. The molecule has 0 atom stereocenters. The molecule has 0 bridgehead atoms. The first kappa shape index (κ1) is 19.1. The second kappa shape index (κ2) is 7.73. The molecular formula is C22H16ClN5O3. The quantitative estimate of drug-likeness (QED) is 0.421. The van der Waals surface area contributed by atoms with Crippen LogP contribution in [0.4, 0.5) is 5.82 Å². The highest BCUT2D eigenvalue weighted by atomic mass is 35.5. The van der Waals surface area contributed by atoms with Crippen LogP contribution in [0, 0.1) is 6.92 Å². The minimum absolute atomic E-state index is 0.270. The standard InChI is InChI=1S/C22H16ClN5O3/c1-13-20-16(11-17(18-3-2-10-30-18)25-22(20)31-27-13)21(29)26-19-8-9-24-28(19)12-14-4-6-15(23)7-5-14/h2-11H,12H2,1H3,(H,26,29). The molecule has 9 heteroatoms. The Kier molecular flexibility index (Phi) is 4.76. The number of carbonyl (C=O) groups excluding carboxylic acids is 1. The van der Waals surface area contributed by atoms with Crippen molar-refractivity contribution >= 4 is 34.4 Å². The summed E-state index contributed by atoms with van der Waals surface area (Å²) in [6.45, 7) is 2.25. The third-order valence-corrected chi connectivity index (χ3v) is 5.09. The van der Waals surface area contributed by atoms with Crippen LogP contribution in [0.2, 0.25) is 5.02 Å². The number of carbonyl (C=O) groups is 1. The van der Waals surface area contributed by atoms with Crippen molar-refractivity contribution in [2.24, 2.45) is 0 Å². The van der Waals surface area contributed by atoms with E-state index in [0.717, 1.165) is 5.56 Å². The normalized spacial score (nSPS) is 11.2. The van der Waals surface area contributed by atoms with E-state index in [1.807, 2.05) is 24.3 Å². The molecule has 5 rings (SSSR count). The van der Waals surface area contributed by atoms with E-state index in [9.17, 15) is 4.79 Å². The molecule has 0 saturated carbocycles. The Morgan fingerprint density at radius 1 is 1.19 bits per heavy atom. The molecular weight excluding hydrogens is 418 g/mol. The molecule has 0 aliphatic carbocycles. The second-order valence-corrected chi connectivity index (χ2v) is 7.37. The van der Waals surface area contributed by atoms with Crippen LogP contribution < -0.4 is 5.32 Å². The largest absolute Gasteiger partial charge is 0.463 e. The van der Waals surface area contributed by atoms with Crippen molar-refractivity contribution < 1.29 is 13.7 Å². The average molecular weight is 434 g/mol. The van der Waals surface area contributed by atoms with Gasteiger partial charge in [-0.05, 0) is 42.8 Å². The Morgan fingerprint density at radius 3 is 2.81 bits per heavy atom. The molecule has 5 aromatic rings. The maximum Gasteiger partial charge on any atom is 0.259 e. The molecule has 4 aromatic heterocycles. The van der Waals surface area contributed by atoms with Gasteiger partial charge in [0, 0.05) is 11.1 Å². The van der Waals surface area contributed by atoms with Crippen LogP contribution in [0.5, 0.6) is 0 Å². The minimum Gasteiger partial charge on any atom is -0.463 e. The SMILES string of the molecule is Cc1noc2nc(-c3ccco3)cc(C(=O)Nc3ccnn3Cc3ccc(Cl)cc3)c12. The first-order valence-corrected chi connectivity index (χ1v) is 9.85. The number of benzene rings is 1. The van der Waals surface area contributed by atoms with E-state index in [-0.39, 0.29) is 11.6 Å². The van der Waals surface area contributed by atoms with Gasteiger partial charge >= 0.3 is 0 Å². The van der Waals surface area contributed by atoms with Crippen molar-refractivity contribution in [1.29, 1.82) is 0 Å². The number of aromatic nitrogens is 4. The summed E-state index contributed by atoms with van der Waals surface area (Å²) in [5.41, 5.74) is 2.72. The number of aryl methyl sites for hydroxylation is 1. The van der Waals surface area contributed by atoms with Crippen molar-refractivity contribution in [3.05, 3.63) is 82.8 Å². The van der Waals surface area contributed by atoms with E-state index in [1.165, 1.54) is 0 Å². The molecule has 0 radical (unpaired) electrons. The number of hydrogen-bond acceptors (Lipinski definition) is 6.